The van der Waals surface area contributed by atoms with Gasteiger partial charge in [-0.25, -0.2) is 0 Å². The lowest BCUT2D eigenvalue weighted by Crippen LogP contribution is -2.27. The van der Waals surface area contributed by atoms with Crippen LogP contribution in [0.2, 0.25) is 0 Å². The zero-order valence-electron chi connectivity index (χ0n) is 4.50. The summed E-state index contributed by atoms with van der Waals surface area (Å²) in [7, 11) is 0. The Kier molecular flexibility index (Phi) is 1.84. The number of hydrogen-bond acceptors (Lipinski definition) is 2. The van der Waals surface area contributed by atoms with E-state index in [1.54, 1.807) is 0 Å². The molecular formula is C5H4INO2. The van der Waals surface area contributed by atoms with Crippen molar-refractivity contribution in [2.75, 3.05) is 4.55 Å². The van der Waals surface area contributed by atoms with Crippen LogP contribution in [0.25, 0.3) is 0 Å². The minimum absolute atomic E-state index is 0.214. The Hall–Kier alpha value is -0.390. The minimum atomic E-state index is -0.214. The van der Waals surface area contributed by atoms with Crippen molar-refractivity contribution < 1.29 is 9.59 Å². The standard InChI is InChI=1S/C5H4INO2/c6-3-7-4(8)1-2-5(7)9/h1-2H,3H2. The number of imide groups is 1. The monoisotopic (exact) mass is 237 g/mol. The van der Waals surface area contributed by atoms with Gasteiger partial charge in [-0.15, -0.1) is 0 Å². The van der Waals surface area contributed by atoms with Gasteiger partial charge < -0.3 is 0 Å². The number of rotatable bonds is 1. The third kappa shape index (κ3) is 1.12. The Labute approximate surface area is 65.8 Å². The van der Waals surface area contributed by atoms with E-state index in [0.717, 1.165) is 0 Å². The van der Waals surface area contributed by atoms with Crippen molar-refractivity contribution in [3.05, 3.63) is 12.2 Å². The molecule has 3 nitrogen and oxygen atoms in total. The first-order valence-electron chi connectivity index (χ1n) is 2.35. The Morgan fingerprint density at radius 3 is 2.00 bits per heavy atom. The lowest BCUT2D eigenvalue weighted by molar-refractivity contribution is -0.135. The lowest BCUT2D eigenvalue weighted by Gasteiger charge is -2.06. The quantitative estimate of drug-likeness (QED) is 0.285. The van der Waals surface area contributed by atoms with E-state index >= 15 is 0 Å². The first-order chi connectivity index (χ1) is 4.25. The minimum Gasteiger partial charge on any atom is -0.269 e. The van der Waals surface area contributed by atoms with Gasteiger partial charge in [0.25, 0.3) is 11.8 Å². The molecule has 0 radical (unpaired) electrons. The highest BCUT2D eigenvalue weighted by Gasteiger charge is 2.20. The van der Waals surface area contributed by atoms with Gasteiger partial charge in [-0.05, 0) is 0 Å². The molecule has 48 valence electrons. The molecule has 0 aromatic rings. The summed E-state index contributed by atoms with van der Waals surface area (Å²) >= 11 is 1.96. The van der Waals surface area contributed by atoms with Crippen LogP contribution in [0.4, 0.5) is 0 Å². The van der Waals surface area contributed by atoms with Gasteiger partial charge in [0.2, 0.25) is 0 Å². The predicted octanol–water partition coefficient (Wildman–Crippen LogP) is 0.304. The van der Waals surface area contributed by atoms with Crippen LogP contribution in [0.3, 0.4) is 0 Å². The molecule has 0 aromatic carbocycles. The Morgan fingerprint density at radius 2 is 1.78 bits per heavy atom. The van der Waals surface area contributed by atoms with Gasteiger partial charge in [-0.3, -0.25) is 14.5 Å². The van der Waals surface area contributed by atoms with E-state index in [0.29, 0.717) is 4.55 Å². The third-order valence-corrected chi connectivity index (χ3v) is 1.70. The Balaban J connectivity index is 2.75. The van der Waals surface area contributed by atoms with E-state index in [1.807, 2.05) is 22.6 Å². The first kappa shape index (κ1) is 6.73. The van der Waals surface area contributed by atoms with Crippen LogP contribution in [0.5, 0.6) is 0 Å². The number of amides is 2. The zero-order chi connectivity index (χ0) is 6.85. The van der Waals surface area contributed by atoms with Crippen LogP contribution < -0.4 is 0 Å². The van der Waals surface area contributed by atoms with Gasteiger partial charge in [0.05, 0.1) is 4.55 Å². The van der Waals surface area contributed by atoms with Gasteiger partial charge in [0.1, 0.15) is 0 Å². The first-order valence-corrected chi connectivity index (χ1v) is 3.88. The molecule has 1 aliphatic heterocycles. The number of nitrogens with zero attached hydrogens (tertiary/aromatic N) is 1. The van der Waals surface area contributed by atoms with E-state index in [1.165, 1.54) is 17.1 Å². The molecule has 0 aliphatic carbocycles. The molecule has 0 bridgehead atoms. The molecule has 2 amide bonds. The summed E-state index contributed by atoms with van der Waals surface area (Å²) < 4.78 is 0.433. The summed E-state index contributed by atoms with van der Waals surface area (Å²) in [6.45, 7) is 0. The average molecular weight is 237 g/mol. The molecule has 9 heavy (non-hydrogen) atoms. The van der Waals surface area contributed by atoms with E-state index in [2.05, 4.69) is 0 Å². The largest absolute Gasteiger partial charge is 0.269 e. The fourth-order valence-corrected chi connectivity index (χ4v) is 1.22. The number of alkyl halides is 1. The summed E-state index contributed by atoms with van der Waals surface area (Å²) in [5.74, 6) is -0.427. The van der Waals surface area contributed by atoms with Crippen molar-refractivity contribution in [2.45, 2.75) is 0 Å². The zero-order valence-corrected chi connectivity index (χ0v) is 6.66. The second-order valence-electron chi connectivity index (χ2n) is 1.56. The summed E-state index contributed by atoms with van der Waals surface area (Å²) in [5, 5.41) is 0. The van der Waals surface area contributed by atoms with Crippen molar-refractivity contribution in [2.24, 2.45) is 0 Å². The molecule has 0 saturated carbocycles. The van der Waals surface area contributed by atoms with Gasteiger partial charge in [0.15, 0.2) is 0 Å². The molecule has 1 aliphatic rings. The van der Waals surface area contributed by atoms with Crippen molar-refractivity contribution in [1.29, 1.82) is 0 Å². The van der Waals surface area contributed by atoms with E-state index in [9.17, 15) is 9.59 Å². The average Bonchev–Trinajstić information content (AvgIpc) is 2.12. The lowest BCUT2D eigenvalue weighted by atomic mass is 10.6. The fraction of sp³-hybridized carbons (Fsp3) is 0.200. The molecule has 0 N–H and O–H groups in total. The van der Waals surface area contributed by atoms with Gasteiger partial charge in [0, 0.05) is 12.2 Å². The number of carbonyl (C=O) groups excluding carboxylic acids is 2. The number of hydrogen-bond donors (Lipinski definition) is 0. The van der Waals surface area contributed by atoms with Gasteiger partial charge >= 0.3 is 0 Å². The van der Waals surface area contributed by atoms with Gasteiger partial charge in [-0.2, -0.15) is 0 Å². The maximum absolute atomic E-state index is 10.6. The molecule has 1 rings (SSSR count). The smallest absolute Gasteiger partial charge is 0.254 e. The van der Waals surface area contributed by atoms with Crippen LogP contribution in [-0.4, -0.2) is 21.3 Å². The van der Waals surface area contributed by atoms with Crippen LogP contribution in [0, 0.1) is 0 Å². The predicted molar refractivity (Wildman–Crippen MR) is 39.9 cm³/mol. The highest BCUT2D eigenvalue weighted by molar-refractivity contribution is 14.1. The van der Waals surface area contributed by atoms with Gasteiger partial charge in [-0.1, -0.05) is 22.6 Å². The highest BCUT2D eigenvalue weighted by atomic mass is 127. The number of halogens is 1. The van der Waals surface area contributed by atoms with Crippen molar-refractivity contribution in [3.63, 3.8) is 0 Å². The van der Waals surface area contributed by atoms with Crippen LogP contribution in [-0.2, 0) is 9.59 Å². The van der Waals surface area contributed by atoms with Crippen LogP contribution in [0.1, 0.15) is 0 Å². The summed E-state index contributed by atoms with van der Waals surface area (Å²) in [4.78, 5) is 22.4. The second-order valence-corrected chi connectivity index (χ2v) is 2.24. The molecule has 0 atom stereocenters. The fourth-order valence-electron chi connectivity index (χ4n) is 0.549. The summed E-state index contributed by atoms with van der Waals surface area (Å²) in [5.41, 5.74) is 0. The second kappa shape index (κ2) is 2.47. The molecule has 0 saturated heterocycles. The van der Waals surface area contributed by atoms with E-state index in [-0.39, 0.29) is 11.8 Å². The maximum Gasteiger partial charge on any atom is 0.254 e. The molecule has 0 fully saturated rings. The van der Waals surface area contributed by atoms with Crippen molar-refractivity contribution in [3.8, 4) is 0 Å². The molecular weight excluding hydrogens is 233 g/mol. The Bertz CT molecular complexity index is 169. The maximum atomic E-state index is 10.6. The van der Waals surface area contributed by atoms with E-state index < -0.39 is 0 Å². The number of carbonyl (C=O) groups is 2. The Morgan fingerprint density at radius 1 is 1.33 bits per heavy atom. The molecule has 4 heteroatoms. The van der Waals surface area contributed by atoms with Crippen LogP contribution in [0.15, 0.2) is 12.2 Å². The molecule has 0 aromatic heterocycles. The van der Waals surface area contributed by atoms with Crippen molar-refractivity contribution in [1.82, 2.24) is 4.90 Å². The third-order valence-electron chi connectivity index (χ3n) is 1.02. The topological polar surface area (TPSA) is 37.4 Å². The molecule has 0 unspecified atom stereocenters. The van der Waals surface area contributed by atoms with Crippen LogP contribution >= 0.6 is 22.6 Å². The van der Waals surface area contributed by atoms with E-state index in [4.69, 9.17) is 0 Å². The summed E-state index contributed by atoms with van der Waals surface area (Å²) in [6.07, 6.45) is 2.56. The molecule has 1 heterocycles. The normalized spacial score (nSPS) is 17.7. The SMILES string of the molecule is O=C1C=CC(=O)N1CI. The van der Waals surface area contributed by atoms with Crippen molar-refractivity contribution >= 4 is 34.4 Å². The highest BCUT2D eigenvalue weighted by Crippen LogP contribution is 2.04. The summed E-state index contributed by atoms with van der Waals surface area (Å²) in [6, 6.07) is 0. The molecule has 0 spiro atoms.